The number of alkyl halides is 1. The second kappa shape index (κ2) is 7.23. The molecule has 2 rings (SSSR count). The number of rotatable bonds is 4. The third-order valence-electron chi connectivity index (χ3n) is 3.30. The summed E-state index contributed by atoms with van der Waals surface area (Å²) in [4.78, 5) is 15.7. The number of hydrogen-bond donors (Lipinski definition) is 0. The van der Waals surface area contributed by atoms with Crippen molar-refractivity contribution in [3.63, 3.8) is 0 Å². The number of esters is 1. The Labute approximate surface area is 142 Å². The quantitative estimate of drug-likeness (QED) is 0.685. The summed E-state index contributed by atoms with van der Waals surface area (Å²) < 4.78 is 33.2. The van der Waals surface area contributed by atoms with Crippen LogP contribution in [0.15, 0.2) is 24.3 Å². The summed E-state index contributed by atoms with van der Waals surface area (Å²) in [5.41, 5.74) is -0.200. The molecule has 0 radical (unpaired) electrons. The van der Waals surface area contributed by atoms with Crippen molar-refractivity contribution in [2.75, 3.05) is 7.11 Å². The molecule has 1 unspecified atom stereocenters. The van der Waals surface area contributed by atoms with Crippen LogP contribution in [0.1, 0.15) is 35.6 Å². The molecule has 1 aromatic heterocycles. The van der Waals surface area contributed by atoms with E-state index >= 15 is 0 Å². The molecule has 0 saturated carbocycles. The van der Waals surface area contributed by atoms with Gasteiger partial charge < -0.3 is 4.74 Å². The molecule has 122 valence electrons. The van der Waals surface area contributed by atoms with Crippen molar-refractivity contribution in [1.29, 1.82) is 0 Å². The summed E-state index contributed by atoms with van der Waals surface area (Å²) in [5.74, 6) is -1.55. The number of carbonyl (C=O) groups excluding carboxylic acids is 1. The second-order valence-electron chi connectivity index (χ2n) is 4.72. The van der Waals surface area contributed by atoms with Crippen LogP contribution in [0.2, 0.25) is 10.0 Å². The minimum Gasteiger partial charge on any atom is -0.464 e. The maximum Gasteiger partial charge on any atom is 0.358 e. The number of halogens is 4. The zero-order chi connectivity index (χ0) is 17.1. The van der Waals surface area contributed by atoms with Gasteiger partial charge >= 0.3 is 5.97 Å². The predicted octanol–water partition coefficient (Wildman–Crippen LogP) is 5.40. The van der Waals surface area contributed by atoms with Crippen LogP contribution in [-0.2, 0) is 4.74 Å². The summed E-state index contributed by atoms with van der Waals surface area (Å²) >= 11 is 11.8. The molecule has 0 aliphatic carbocycles. The standard InChI is InChI=1S/C16H13Cl2F2NO2/c1-3-11(19)13-9(17)5-4-8(14(13)20)12-7-6-10(18)15(21-12)16(22)23-2/h4-7,11H,3H2,1-2H3. The molecule has 1 heterocycles. The van der Waals surface area contributed by atoms with Gasteiger partial charge in [0.2, 0.25) is 0 Å². The zero-order valence-electron chi connectivity index (χ0n) is 12.4. The van der Waals surface area contributed by atoms with Crippen molar-refractivity contribution in [1.82, 2.24) is 4.98 Å². The molecule has 0 bridgehead atoms. The SMILES string of the molecule is CCC(F)c1c(Cl)ccc(-c2ccc(Cl)c(C(=O)OC)n2)c1F. The lowest BCUT2D eigenvalue weighted by Crippen LogP contribution is -2.07. The lowest BCUT2D eigenvalue weighted by molar-refractivity contribution is 0.0594. The van der Waals surface area contributed by atoms with Crippen LogP contribution in [0.25, 0.3) is 11.3 Å². The molecular formula is C16H13Cl2F2NO2. The molecule has 1 aromatic carbocycles. The van der Waals surface area contributed by atoms with E-state index in [1.54, 1.807) is 6.92 Å². The Bertz CT molecular complexity index is 753. The average molecular weight is 360 g/mol. The van der Waals surface area contributed by atoms with Gasteiger partial charge in [-0.1, -0.05) is 30.1 Å². The highest BCUT2D eigenvalue weighted by Gasteiger charge is 2.22. The minimum absolute atomic E-state index is 0.00255. The number of ether oxygens (including phenoxy) is 1. The highest BCUT2D eigenvalue weighted by Crippen LogP contribution is 2.36. The number of nitrogens with zero attached hydrogens (tertiary/aromatic N) is 1. The lowest BCUT2D eigenvalue weighted by atomic mass is 10.0. The summed E-state index contributed by atoms with van der Waals surface area (Å²) in [5, 5.41) is 0.0786. The Morgan fingerprint density at radius 2 is 1.91 bits per heavy atom. The Kier molecular flexibility index (Phi) is 5.55. The maximum atomic E-state index is 14.7. The molecule has 2 aromatic rings. The van der Waals surface area contributed by atoms with E-state index < -0.39 is 18.0 Å². The van der Waals surface area contributed by atoms with Crippen molar-refractivity contribution in [3.05, 3.63) is 51.4 Å². The first-order valence-electron chi connectivity index (χ1n) is 6.77. The molecule has 0 aliphatic rings. The van der Waals surface area contributed by atoms with Crippen LogP contribution in [0, 0.1) is 5.82 Å². The van der Waals surface area contributed by atoms with Crippen molar-refractivity contribution in [3.8, 4) is 11.3 Å². The van der Waals surface area contributed by atoms with Crippen molar-refractivity contribution in [2.45, 2.75) is 19.5 Å². The third kappa shape index (κ3) is 3.46. The first-order valence-corrected chi connectivity index (χ1v) is 7.53. The lowest BCUT2D eigenvalue weighted by Gasteiger charge is -2.13. The van der Waals surface area contributed by atoms with E-state index in [9.17, 15) is 13.6 Å². The highest BCUT2D eigenvalue weighted by atomic mass is 35.5. The molecule has 1 atom stereocenters. The van der Waals surface area contributed by atoms with Crippen molar-refractivity contribution < 1.29 is 18.3 Å². The molecule has 0 amide bonds. The third-order valence-corrected chi connectivity index (χ3v) is 3.93. The molecular weight excluding hydrogens is 347 g/mol. The van der Waals surface area contributed by atoms with Crippen LogP contribution in [0.5, 0.6) is 0 Å². The molecule has 0 saturated heterocycles. The van der Waals surface area contributed by atoms with Crippen molar-refractivity contribution in [2.24, 2.45) is 0 Å². The number of methoxy groups -OCH3 is 1. The van der Waals surface area contributed by atoms with Gasteiger partial charge in [0.25, 0.3) is 0 Å². The maximum absolute atomic E-state index is 14.7. The van der Waals surface area contributed by atoms with Gasteiger partial charge in [-0.3, -0.25) is 0 Å². The normalized spacial score (nSPS) is 12.1. The topological polar surface area (TPSA) is 39.2 Å². The van der Waals surface area contributed by atoms with Crippen LogP contribution in [-0.4, -0.2) is 18.1 Å². The fourth-order valence-electron chi connectivity index (χ4n) is 2.09. The summed E-state index contributed by atoms with van der Waals surface area (Å²) in [7, 11) is 1.18. The number of hydrogen-bond acceptors (Lipinski definition) is 3. The average Bonchev–Trinajstić information content (AvgIpc) is 2.54. The van der Waals surface area contributed by atoms with Gasteiger partial charge in [0, 0.05) is 16.1 Å². The Morgan fingerprint density at radius 1 is 1.26 bits per heavy atom. The van der Waals surface area contributed by atoms with E-state index in [2.05, 4.69) is 9.72 Å². The first-order chi connectivity index (χ1) is 10.9. The number of aromatic nitrogens is 1. The van der Waals surface area contributed by atoms with Gasteiger partial charge in [0.15, 0.2) is 5.69 Å². The molecule has 3 nitrogen and oxygen atoms in total. The summed E-state index contributed by atoms with van der Waals surface area (Å²) in [6.45, 7) is 1.59. The van der Waals surface area contributed by atoms with Crippen LogP contribution < -0.4 is 0 Å². The van der Waals surface area contributed by atoms with Gasteiger partial charge in [-0.25, -0.2) is 18.6 Å². The van der Waals surface area contributed by atoms with E-state index in [1.807, 2.05) is 0 Å². The van der Waals surface area contributed by atoms with Gasteiger partial charge in [-0.05, 0) is 30.7 Å². The largest absolute Gasteiger partial charge is 0.464 e. The van der Waals surface area contributed by atoms with E-state index in [0.29, 0.717) is 0 Å². The number of carbonyl (C=O) groups is 1. The Morgan fingerprint density at radius 3 is 2.52 bits per heavy atom. The van der Waals surface area contributed by atoms with E-state index in [1.165, 1.54) is 31.4 Å². The Hall–Kier alpha value is -1.72. The number of pyridine rings is 1. The smallest absolute Gasteiger partial charge is 0.358 e. The Balaban J connectivity index is 2.61. The highest BCUT2D eigenvalue weighted by molar-refractivity contribution is 6.33. The van der Waals surface area contributed by atoms with E-state index in [-0.39, 0.29) is 39.0 Å². The van der Waals surface area contributed by atoms with Gasteiger partial charge in [-0.2, -0.15) is 0 Å². The molecule has 0 N–H and O–H groups in total. The molecule has 0 fully saturated rings. The molecule has 23 heavy (non-hydrogen) atoms. The van der Waals surface area contributed by atoms with Crippen LogP contribution in [0.4, 0.5) is 8.78 Å². The predicted molar refractivity (Wildman–Crippen MR) is 85.1 cm³/mol. The number of benzene rings is 1. The fourth-order valence-corrected chi connectivity index (χ4v) is 2.54. The van der Waals surface area contributed by atoms with Crippen LogP contribution >= 0.6 is 23.2 Å². The minimum atomic E-state index is -1.53. The summed E-state index contributed by atoms with van der Waals surface area (Å²) in [6, 6.07) is 5.60. The molecule has 0 aliphatic heterocycles. The summed E-state index contributed by atoms with van der Waals surface area (Å²) in [6.07, 6.45) is -1.45. The van der Waals surface area contributed by atoms with Crippen LogP contribution in [0.3, 0.4) is 0 Å². The second-order valence-corrected chi connectivity index (χ2v) is 5.53. The van der Waals surface area contributed by atoms with E-state index in [0.717, 1.165) is 0 Å². The monoisotopic (exact) mass is 359 g/mol. The molecule has 0 spiro atoms. The first kappa shape index (κ1) is 17.6. The van der Waals surface area contributed by atoms with Gasteiger partial charge in [0.05, 0.1) is 17.8 Å². The molecule has 7 heteroatoms. The van der Waals surface area contributed by atoms with Crippen molar-refractivity contribution >= 4 is 29.2 Å². The fraction of sp³-hybridized carbons (Fsp3) is 0.250. The van der Waals surface area contributed by atoms with Gasteiger partial charge in [0.1, 0.15) is 12.0 Å². The van der Waals surface area contributed by atoms with Gasteiger partial charge in [-0.15, -0.1) is 0 Å². The zero-order valence-corrected chi connectivity index (χ0v) is 13.9. The van der Waals surface area contributed by atoms with E-state index in [4.69, 9.17) is 23.2 Å².